The molecule has 1 aromatic rings. The fraction of sp³-hybridized carbons (Fsp3) is 0.583. The first-order valence-corrected chi connectivity index (χ1v) is 6.42. The second kappa shape index (κ2) is 5.63. The number of halogens is 1. The van der Waals surface area contributed by atoms with Crippen molar-refractivity contribution in [1.29, 1.82) is 0 Å². The third kappa shape index (κ3) is 2.97. The van der Waals surface area contributed by atoms with Crippen LogP contribution in [0.3, 0.4) is 0 Å². The first kappa shape index (κ1) is 13.2. The van der Waals surface area contributed by atoms with Crippen LogP contribution in [0.4, 0.5) is 0 Å². The van der Waals surface area contributed by atoms with Gasteiger partial charge in [0.25, 0.3) is 5.91 Å². The number of aliphatic hydroxyl groups excluding tert-OH is 1. The lowest BCUT2D eigenvalue weighted by atomic mass is 9.92. The molecular formula is C12H16ClN3O2. The van der Waals surface area contributed by atoms with Gasteiger partial charge in [0.2, 0.25) is 0 Å². The van der Waals surface area contributed by atoms with Crippen molar-refractivity contribution in [3.63, 3.8) is 0 Å². The normalized spacial score (nSPS) is 18.7. The summed E-state index contributed by atoms with van der Waals surface area (Å²) in [5, 5.41) is 17.2. The summed E-state index contributed by atoms with van der Waals surface area (Å²) in [5.74, 6) is 0.161. The van der Waals surface area contributed by atoms with Crippen molar-refractivity contribution in [3.8, 4) is 0 Å². The topological polar surface area (TPSA) is 66.3 Å². The zero-order valence-electron chi connectivity index (χ0n) is 10.2. The Balaban J connectivity index is 1.97. The Morgan fingerprint density at radius 3 is 2.61 bits per heavy atom. The highest BCUT2D eigenvalue weighted by molar-refractivity contribution is 6.29. The highest BCUT2D eigenvalue weighted by Gasteiger charge is 2.26. The van der Waals surface area contributed by atoms with E-state index in [0.717, 1.165) is 12.8 Å². The number of carbonyl (C=O) groups excluding carboxylic acids is 1. The zero-order valence-corrected chi connectivity index (χ0v) is 11.0. The number of aromatic nitrogens is 2. The average molecular weight is 270 g/mol. The molecule has 1 saturated heterocycles. The number of nitrogens with zero attached hydrogens (tertiary/aromatic N) is 3. The van der Waals surface area contributed by atoms with Crippen LogP contribution in [-0.2, 0) is 0 Å². The Labute approximate surface area is 111 Å². The van der Waals surface area contributed by atoms with E-state index in [1.807, 2.05) is 0 Å². The van der Waals surface area contributed by atoms with Gasteiger partial charge in [0.05, 0.1) is 6.10 Å². The molecule has 1 aromatic heterocycles. The van der Waals surface area contributed by atoms with E-state index in [4.69, 9.17) is 11.6 Å². The minimum atomic E-state index is -0.308. The summed E-state index contributed by atoms with van der Waals surface area (Å²) in [5.41, 5.74) is 0.315. The summed E-state index contributed by atoms with van der Waals surface area (Å²) in [7, 11) is 0. The van der Waals surface area contributed by atoms with Crippen LogP contribution in [0.2, 0.25) is 5.15 Å². The quantitative estimate of drug-likeness (QED) is 0.880. The largest absolute Gasteiger partial charge is 0.393 e. The highest BCUT2D eigenvalue weighted by Crippen LogP contribution is 2.21. The first-order chi connectivity index (χ1) is 8.58. The van der Waals surface area contributed by atoms with Gasteiger partial charge in [-0.25, -0.2) is 0 Å². The molecule has 1 fully saturated rings. The lowest BCUT2D eigenvalue weighted by Gasteiger charge is -2.32. The highest BCUT2D eigenvalue weighted by atomic mass is 35.5. The molecule has 0 saturated carbocycles. The molecule has 1 amide bonds. The lowest BCUT2D eigenvalue weighted by Crippen LogP contribution is -2.41. The van der Waals surface area contributed by atoms with Crippen molar-refractivity contribution in [3.05, 3.63) is 23.0 Å². The molecule has 1 aliphatic heterocycles. The second-order valence-electron chi connectivity index (χ2n) is 4.61. The molecule has 18 heavy (non-hydrogen) atoms. The summed E-state index contributed by atoms with van der Waals surface area (Å²) < 4.78 is 0. The minimum Gasteiger partial charge on any atom is -0.393 e. The molecule has 98 valence electrons. The fourth-order valence-corrected chi connectivity index (χ4v) is 2.28. The van der Waals surface area contributed by atoms with Gasteiger partial charge >= 0.3 is 0 Å². The van der Waals surface area contributed by atoms with Crippen LogP contribution in [-0.4, -0.2) is 45.3 Å². The SMILES string of the molecule is CC(O)C1CCN(C(=O)c2ccc(Cl)nn2)CC1. The Bertz CT molecular complexity index is 414. The molecule has 2 rings (SSSR count). The Morgan fingerprint density at radius 1 is 1.44 bits per heavy atom. The Hall–Kier alpha value is -1.20. The standard InChI is InChI=1S/C12H16ClN3O2/c1-8(17)9-4-6-16(7-5-9)12(18)10-2-3-11(13)15-14-10/h2-3,8-9,17H,4-7H2,1H3. The van der Waals surface area contributed by atoms with E-state index >= 15 is 0 Å². The summed E-state index contributed by atoms with van der Waals surface area (Å²) in [4.78, 5) is 13.9. The molecule has 0 radical (unpaired) electrons. The fourth-order valence-electron chi connectivity index (χ4n) is 2.18. The molecule has 1 N–H and O–H groups in total. The molecule has 0 spiro atoms. The van der Waals surface area contributed by atoms with Crippen LogP contribution in [0.15, 0.2) is 12.1 Å². The first-order valence-electron chi connectivity index (χ1n) is 6.04. The van der Waals surface area contributed by atoms with Crippen LogP contribution in [0.5, 0.6) is 0 Å². The maximum Gasteiger partial charge on any atom is 0.274 e. The van der Waals surface area contributed by atoms with Gasteiger partial charge in [-0.05, 0) is 37.8 Å². The Kier molecular flexibility index (Phi) is 4.14. The van der Waals surface area contributed by atoms with Gasteiger partial charge in [0, 0.05) is 13.1 Å². The number of hydrogen-bond acceptors (Lipinski definition) is 4. The van der Waals surface area contributed by atoms with Crippen molar-refractivity contribution in [2.75, 3.05) is 13.1 Å². The molecular weight excluding hydrogens is 254 g/mol. The molecule has 6 heteroatoms. The van der Waals surface area contributed by atoms with Crippen LogP contribution >= 0.6 is 11.6 Å². The zero-order chi connectivity index (χ0) is 13.1. The summed E-state index contributed by atoms with van der Waals surface area (Å²) >= 11 is 5.63. The number of rotatable bonds is 2. The third-order valence-corrected chi connectivity index (χ3v) is 3.56. The van der Waals surface area contributed by atoms with Crippen LogP contribution in [0.1, 0.15) is 30.3 Å². The molecule has 1 unspecified atom stereocenters. The molecule has 1 atom stereocenters. The maximum absolute atomic E-state index is 12.1. The molecule has 5 nitrogen and oxygen atoms in total. The van der Waals surface area contributed by atoms with Crippen molar-refractivity contribution in [2.24, 2.45) is 5.92 Å². The van der Waals surface area contributed by atoms with Crippen LogP contribution in [0, 0.1) is 5.92 Å². The van der Waals surface area contributed by atoms with E-state index in [-0.39, 0.29) is 23.1 Å². The second-order valence-corrected chi connectivity index (χ2v) is 5.00. The van der Waals surface area contributed by atoms with E-state index < -0.39 is 0 Å². The van der Waals surface area contributed by atoms with Gasteiger partial charge < -0.3 is 10.0 Å². The van der Waals surface area contributed by atoms with Crippen molar-refractivity contribution in [1.82, 2.24) is 15.1 Å². The predicted molar refractivity (Wildman–Crippen MR) is 67.4 cm³/mol. The van der Waals surface area contributed by atoms with E-state index in [9.17, 15) is 9.90 Å². The summed E-state index contributed by atoms with van der Waals surface area (Å²) in [6.45, 7) is 3.10. The summed E-state index contributed by atoms with van der Waals surface area (Å²) in [6, 6.07) is 3.14. The van der Waals surface area contributed by atoms with Crippen molar-refractivity contribution in [2.45, 2.75) is 25.9 Å². The van der Waals surface area contributed by atoms with Gasteiger partial charge in [-0.1, -0.05) is 11.6 Å². The number of amides is 1. The number of aliphatic hydroxyl groups is 1. The van der Waals surface area contributed by atoms with Crippen molar-refractivity contribution < 1.29 is 9.90 Å². The molecule has 1 aliphatic rings. The third-order valence-electron chi connectivity index (χ3n) is 3.36. The van der Waals surface area contributed by atoms with Gasteiger partial charge in [0.1, 0.15) is 0 Å². The van der Waals surface area contributed by atoms with Crippen molar-refractivity contribution >= 4 is 17.5 Å². The number of carbonyl (C=O) groups is 1. The molecule has 0 aromatic carbocycles. The van der Waals surface area contributed by atoms with E-state index in [0.29, 0.717) is 18.8 Å². The number of hydrogen-bond donors (Lipinski definition) is 1. The molecule has 2 heterocycles. The Morgan fingerprint density at radius 2 is 2.11 bits per heavy atom. The summed E-state index contributed by atoms with van der Waals surface area (Å²) in [6.07, 6.45) is 1.34. The number of likely N-dealkylation sites (tertiary alicyclic amines) is 1. The average Bonchev–Trinajstić information content (AvgIpc) is 2.39. The van der Waals surface area contributed by atoms with Crippen LogP contribution < -0.4 is 0 Å². The molecule has 0 bridgehead atoms. The minimum absolute atomic E-state index is 0.122. The van der Waals surface area contributed by atoms with Gasteiger partial charge in [-0.3, -0.25) is 4.79 Å². The van der Waals surface area contributed by atoms with Gasteiger partial charge in [-0.2, -0.15) is 0 Å². The molecule has 0 aliphatic carbocycles. The van der Waals surface area contributed by atoms with Gasteiger partial charge in [-0.15, -0.1) is 10.2 Å². The van der Waals surface area contributed by atoms with Crippen LogP contribution in [0.25, 0.3) is 0 Å². The van der Waals surface area contributed by atoms with E-state index in [1.54, 1.807) is 24.0 Å². The predicted octanol–water partition coefficient (Wildman–Crippen LogP) is 1.36. The maximum atomic E-state index is 12.1. The smallest absolute Gasteiger partial charge is 0.274 e. The van der Waals surface area contributed by atoms with E-state index in [1.165, 1.54) is 0 Å². The lowest BCUT2D eigenvalue weighted by molar-refractivity contribution is 0.0516. The van der Waals surface area contributed by atoms with E-state index in [2.05, 4.69) is 10.2 Å². The monoisotopic (exact) mass is 269 g/mol. The van der Waals surface area contributed by atoms with Gasteiger partial charge in [0.15, 0.2) is 10.8 Å². The number of piperidine rings is 1.